The van der Waals surface area contributed by atoms with Crippen molar-refractivity contribution >= 4 is 22.9 Å². The number of aromatic nitrogens is 2. The Hall–Kier alpha value is -2.47. The molecule has 2 heterocycles. The maximum Gasteiger partial charge on any atom is 0.248 e. The van der Waals surface area contributed by atoms with E-state index in [4.69, 9.17) is 4.42 Å². The van der Waals surface area contributed by atoms with Gasteiger partial charge >= 0.3 is 0 Å². The number of rotatable bonds is 5. The molecule has 4 rings (SSSR count). The lowest BCUT2D eigenvalue weighted by atomic mass is 9.90. The zero-order chi connectivity index (χ0) is 17.1. The molecule has 0 fully saturated rings. The maximum absolute atomic E-state index is 12.3. The van der Waals surface area contributed by atoms with Crippen LogP contribution in [0.2, 0.25) is 0 Å². The van der Waals surface area contributed by atoms with Crippen LogP contribution >= 0.6 is 11.3 Å². The van der Waals surface area contributed by atoms with Crippen molar-refractivity contribution in [1.29, 1.82) is 0 Å². The number of benzene rings is 1. The van der Waals surface area contributed by atoms with Crippen molar-refractivity contribution in [3.05, 3.63) is 52.0 Å². The van der Waals surface area contributed by atoms with Gasteiger partial charge in [0.05, 0.1) is 0 Å². The Bertz CT molecular complexity index is 871. The van der Waals surface area contributed by atoms with Crippen molar-refractivity contribution in [2.45, 2.75) is 38.5 Å². The molecule has 0 unspecified atom stereocenters. The molecule has 1 amide bonds. The van der Waals surface area contributed by atoms with Crippen molar-refractivity contribution in [1.82, 2.24) is 10.2 Å². The van der Waals surface area contributed by atoms with Crippen molar-refractivity contribution < 1.29 is 9.21 Å². The number of nitrogens with one attached hydrogen (secondary N) is 1. The third-order valence-corrected chi connectivity index (χ3v) is 5.15. The summed E-state index contributed by atoms with van der Waals surface area (Å²) in [7, 11) is 0. The van der Waals surface area contributed by atoms with Gasteiger partial charge in [0.15, 0.2) is 0 Å². The molecule has 0 spiro atoms. The molecule has 1 N–H and O–H groups in total. The zero-order valence-corrected chi connectivity index (χ0v) is 14.6. The number of hydrogen-bond acceptors (Lipinski definition) is 5. The summed E-state index contributed by atoms with van der Waals surface area (Å²) < 4.78 is 5.62. The van der Waals surface area contributed by atoms with Crippen LogP contribution in [-0.2, 0) is 24.1 Å². The standard InChI is InChI=1S/C19H19N3O2S/c23-17(20-16-7-3-5-13-4-1-2-6-15(13)16)8-9-18-21-22-19(24-18)14-10-11-25-12-14/h3,5,7,10-12H,1-2,4,6,8-9H2,(H,20,23). The Kier molecular flexibility index (Phi) is 4.61. The second kappa shape index (κ2) is 7.19. The summed E-state index contributed by atoms with van der Waals surface area (Å²) in [5.74, 6) is 0.981. The first-order chi connectivity index (χ1) is 12.3. The number of nitrogens with zero attached hydrogens (tertiary/aromatic N) is 2. The Morgan fingerprint density at radius 3 is 3.00 bits per heavy atom. The average molecular weight is 353 g/mol. The first kappa shape index (κ1) is 16.0. The molecule has 1 aliphatic carbocycles. The average Bonchev–Trinajstić information content (AvgIpc) is 3.32. The number of fused-ring (bicyclic) bond motifs is 1. The Labute approximate surface area is 150 Å². The van der Waals surface area contributed by atoms with Crippen molar-refractivity contribution in [3.63, 3.8) is 0 Å². The van der Waals surface area contributed by atoms with Crippen molar-refractivity contribution in [3.8, 4) is 11.5 Å². The summed E-state index contributed by atoms with van der Waals surface area (Å²) in [6.45, 7) is 0. The molecule has 3 aromatic rings. The van der Waals surface area contributed by atoms with Crippen LogP contribution < -0.4 is 5.32 Å². The molecule has 0 radical (unpaired) electrons. The summed E-state index contributed by atoms with van der Waals surface area (Å²) in [5, 5.41) is 15.0. The van der Waals surface area contributed by atoms with Gasteiger partial charge in [0, 0.05) is 29.5 Å². The van der Waals surface area contributed by atoms with Gasteiger partial charge in [0.2, 0.25) is 17.7 Å². The number of carbonyl (C=O) groups excluding carboxylic acids is 1. The van der Waals surface area contributed by atoms with E-state index in [0.717, 1.165) is 24.1 Å². The number of hydrogen-bond donors (Lipinski definition) is 1. The lowest BCUT2D eigenvalue weighted by molar-refractivity contribution is -0.116. The lowest BCUT2D eigenvalue weighted by Crippen LogP contribution is -2.15. The van der Waals surface area contributed by atoms with E-state index >= 15 is 0 Å². The van der Waals surface area contributed by atoms with Crippen LogP contribution in [0.5, 0.6) is 0 Å². The molecule has 25 heavy (non-hydrogen) atoms. The number of amides is 1. The summed E-state index contributed by atoms with van der Waals surface area (Å²) in [5.41, 5.74) is 4.52. The van der Waals surface area contributed by atoms with Gasteiger partial charge in [-0.05, 0) is 54.3 Å². The van der Waals surface area contributed by atoms with Crippen molar-refractivity contribution in [2.24, 2.45) is 0 Å². The quantitative estimate of drug-likeness (QED) is 0.744. The number of anilines is 1. The second-order valence-corrected chi connectivity index (χ2v) is 6.99. The van der Waals surface area contributed by atoms with E-state index in [0.29, 0.717) is 24.6 Å². The summed E-state index contributed by atoms with van der Waals surface area (Å²) in [4.78, 5) is 12.3. The predicted molar refractivity (Wildman–Crippen MR) is 97.6 cm³/mol. The molecule has 1 aromatic carbocycles. The van der Waals surface area contributed by atoms with Gasteiger partial charge in [-0.25, -0.2) is 0 Å². The van der Waals surface area contributed by atoms with Gasteiger partial charge in [-0.2, -0.15) is 11.3 Å². The van der Waals surface area contributed by atoms with Gasteiger partial charge < -0.3 is 9.73 Å². The zero-order valence-electron chi connectivity index (χ0n) is 13.8. The highest BCUT2D eigenvalue weighted by molar-refractivity contribution is 7.08. The van der Waals surface area contributed by atoms with E-state index < -0.39 is 0 Å². The van der Waals surface area contributed by atoms with Crippen LogP contribution in [0.1, 0.15) is 36.3 Å². The monoisotopic (exact) mass is 353 g/mol. The molecule has 128 valence electrons. The maximum atomic E-state index is 12.3. The summed E-state index contributed by atoms with van der Waals surface area (Å²) in [6, 6.07) is 8.11. The minimum absolute atomic E-state index is 0.0192. The smallest absolute Gasteiger partial charge is 0.248 e. The number of aryl methyl sites for hydroxylation is 2. The molecule has 0 atom stereocenters. The highest BCUT2D eigenvalue weighted by Crippen LogP contribution is 2.28. The highest BCUT2D eigenvalue weighted by atomic mass is 32.1. The summed E-state index contributed by atoms with van der Waals surface area (Å²) >= 11 is 1.58. The van der Waals surface area contributed by atoms with E-state index in [9.17, 15) is 4.79 Å². The van der Waals surface area contributed by atoms with E-state index in [1.807, 2.05) is 29.0 Å². The van der Waals surface area contributed by atoms with Crippen LogP contribution in [0.3, 0.4) is 0 Å². The molecule has 6 heteroatoms. The van der Waals surface area contributed by atoms with E-state index in [2.05, 4.69) is 21.6 Å². The first-order valence-corrected chi connectivity index (χ1v) is 9.49. The van der Waals surface area contributed by atoms with Crippen LogP contribution in [0.25, 0.3) is 11.5 Å². The van der Waals surface area contributed by atoms with Crippen LogP contribution in [0.15, 0.2) is 39.4 Å². The predicted octanol–water partition coefficient (Wildman–Crippen LogP) is 4.25. The second-order valence-electron chi connectivity index (χ2n) is 6.21. The Morgan fingerprint density at radius 1 is 1.20 bits per heavy atom. The van der Waals surface area contributed by atoms with E-state index in [1.54, 1.807) is 11.3 Å². The fourth-order valence-corrected chi connectivity index (χ4v) is 3.82. The minimum Gasteiger partial charge on any atom is -0.421 e. The number of carbonyl (C=O) groups is 1. The van der Waals surface area contributed by atoms with Crippen molar-refractivity contribution in [2.75, 3.05) is 5.32 Å². The number of thiophene rings is 1. The van der Waals surface area contributed by atoms with E-state index in [-0.39, 0.29) is 5.91 Å². The SMILES string of the molecule is O=C(CCc1nnc(-c2ccsc2)o1)Nc1cccc2c1CCCC2. The van der Waals surface area contributed by atoms with Gasteiger partial charge in [-0.3, -0.25) is 4.79 Å². The molecular weight excluding hydrogens is 334 g/mol. The molecule has 0 saturated carbocycles. The summed E-state index contributed by atoms with van der Waals surface area (Å²) in [6.07, 6.45) is 5.33. The van der Waals surface area contributed by atoms with Gasteiger partial charge in [0.25, 0.3) is 0 Å². The molecule has 0 saturated heterocycles. The van der Waals surface area contributed by atoms with Gasteiger partial charge in [-0.15, -0.1) is 10.2 Å². The van der Waals surface area contributed by atoms with Crippen LogP contribution in [0.4, 0.5) is 5.69 Å². The van der Waals surface area contributed by atoms with Crippen LogP contribution in [0, 0.1) is 0 Å². The third-order valence-electron chi connectivity index (χ3n) is 4.47. The normalized spacial score (nSPS) is 13.4. The minimum atomic E-state index is -0.0192. The fourth-order valence-electron chi connectivity index (χ4n) is 3.19. The van der Waals surface area contributed by atoms with E-state index in [1.165, 1.54) is 24.0 Å². The third kappa shape index (κ3) is 3.64. The molecule has 2 aromatic heterocycles. The Morgan fingerprint density at radius 2 is 2.12 bits per heavy atom. The fraction of sp³-hybridized carbons (Fsp3) is 0.316. The first-order valence-electron chi connectivity index (χ1n) is 8.55. The van der Waals surface area contributed by atoms with Gasteiger partial charge in [-0.1, -0.05) is 12.1 Å². The Balaban J connectivity index is 1.37. The largest absolute Gasteiger partial charge is 0.421 e. The lowest BCUT2D eigenvalue weighted by Gasteiger charge is -2.19. The molecular formula is C19H19N3O2S. The van der Waals surface area contributed by atoms with Gasteiger partial charge in [0.1, 0.15) is 0 Å². The molecule has 0 bridgehead atoms. The molecule has 5 nitrogen and oxygen atoms in total. The van der Waals surface area contributed by atoms with Crippen LogP contribution in [-0.4, -0.2) is 16.1 Å². The molecule has 1 aliphatic rings. The highest BCUT2D eigenvalue weighted by Gasteiger charge is 2.15. The topological polar surface area (TPSA) is 68.0 Å². The molecule has 0 aliphatic heterocycles.